The summed E-state index contributed by atoms with van der Waals surface area (Å²) in [5, 5.41) is 7.22. The first-order valence-corrected chi connectivity index (χ1v) is 9.32. The van der Waals surface area contributed by atoms with Crippen LogP contribution in [-0.4, -0.2) is 43.4 Å². The summed E-state index contributed by atoms with van der Waals surface area (Å²) in [6, 6.07) is 12.6. The lowest BCUT2D eigenvalue weighted by atomic mass is 10.2. The Kier molecular flexibility index (Phi) is 8.37. The van der Waals surface area contributed by atoms with Crippen molar-refractivity contribution in [2.45, 2.75) is 13.8 Å². The average molecular weight is 413 g/mol. The molecule has 0 saturated heterocycles. The third-order valence-corrected chi connectivity index (χ3v) is 3.72. The van der Waals surface area contributed by atoms with Crippen LogP contribution in [-0.2, 0) is 19.1 Å². The highest BCUT2D eigenvalue weighted by Crippen LogP contribution is 2.15. The molecule has 0 spiro atoms. The van der Waals surface area contributed by atoms with E-state index in [1.54, 1.807) is 31.2 Å². The van der Waals surface area contributed by atoms with E-state index >= 15 is 0 Å². The molecule has 0 aliphatic rings. The van der Waals surface area contributed by atoms with Crippen LogP contribution >= 0.6 is 0 Å². The van der Waals surface area contributed by atoms with Crippen LogP contribution in [0, 0.1) is 0 Å². The van der Waals surface area contributed by atoms with Gasteiger partial charge in [-0.15, -0.1) is 0 Å². The molecule has 0 fully saturated rings. The average Bonchev–Trinajstić information content (AvgIpc) is 2.74. The van der Waals surface area contributed by atoms with Crippen molar-refractivity contribution in [3.63, 3.8) is 0 Å². The van der Waals surface area contributed by atoms with Crippen LogP contribution in [0.15, 0.2) is 48.5 Å². The number of esters is 1. The standard InChI is InChI=1S/C21H23N3O6/c1-3-29-17-11-9-15(10-12-17)23-18(25)13-22-19(26)20(27)24-16-7-5-14(6-8-16)21(28)30-4-2/h5-12H,3-4,13H2,1-2H3,(H,22,26)(H,23,25)(H,24,27). The smallest absolute Gasteiger partial charge is 0.338 e. The normalized spacial score (nSPS) is 9.93. The van der Waals surface area contributed by atoms with Gasteiger partial charge < -0.3 is 25.4 Å². The van der Waals surface area contributed by atoms with Gasteiger partial charge in [0.2, 0.25) is 5.91 Å². The van der Waals surface area contributed by atoms with E-state index in [1.165, 1.54) is 24.3 Å². The van der Waals surface area contributed by atoms with Gasteiger partial charge in [-0.25, -0.2) is 4.79 Å². The van der Waals surface area contributed by atoms with Crippen molar-refractivity contribution < 1.29 is 28.7 Å². The quantitative estimate of drug-likeness (QED) is 0.449. The summed E-state index contributed by atoms with van der Waals surface area (Å²) in [5.41, 5.74) is 1.18. The van der Waals surface area contributed by atoms with E-state index in [4.69, 9.17) is 9.47 Å². The molecule has 3 N–H and O–H groups in total. The van der Waals surface area contributed by atoms with Gasteiger partial charge in [-0.1, -0.05) is 0 Å². The van der Waals surface area contributed by atoms with Crippen LogP contribution < -0.4 is 20.7 Å². The van der Waals surface area contributed by atoms with Crippen molar-refractivity contribution in [3.8, 4) is 5.75 Å². The second-order valence-electron chi connectivity index (χ2n) is 5.94. The Balaban J connectivity index is 1.79. The number of hydrogen-bond donors (Lipinski definition) is 3. The van der Waals surface area contributed by atoms with Crippen LogP contribution in [0.2, 0.25) is 0 Å². The molecule has 0 heterocycles. The van der Waals surface area contributed by atoms with Crippen molar-refractivity contribution in [3.05, 3.63) is 54.1 Å². The summed E-state index contributed by atoms with van der Waals surface area (Å²) >= 11 is 0. The largest absolute Gasteiger partial charge is 0.494 e. The minimum atomic E-state index is -0.966. The van der Waals surface area contributed by atoms with Crippen LogP contribution in [0.1, 0.15) is 24.2 Å². The summed E-state index contributed by atoms with van der Waals surface area (Å²) in [6.07, 6.45) is 0. The van der Waals surface area contributed by atoms with E-state index in [2.05, 4.69) is 16.0 Å². The Hall–Kier alpha value is -3.88. The number of rotatable bonds is 8. The monoisotopic (exact) mass is 413 g/mol. The SMILES string of the molecule is CCOC(=O)c1ccc(NC(=O)C(=O)NCC(=O)Nc2ccc(OCC)cc2)cc1. The molecule has 9 heteroatoms. The van der Waals surface area contributed by atoms with Crippen LogP contribution in [0.4, 0.5) is 11.4 Å². The van der Waals surface area contributed by atoms with Crippen molar-refractivity contribution >= 4 is 35.1 Å². The Bertz CT molecular complexity index is 894. The molecular weight excluding hydrogens is 390 g/mol. The van der Waals surface area contributed by atoms with Crippen LogP contribution in [0.25, 0.3) is 0 Å². The maximum atomic E-state index is 11.9. The van der Waals surface area contributed by atoms with Gasteiger partial charge in [-0.3, -0.25) is 14.4 Å². The van der Waals surface area contributed by atoms with Gasteiger partial charge in [0.05, 0.1) is 25.3 Å². The fraction of sp³-hybridized carbons (Fsp3) is 0.238. The molecule has 2 rings (SSSR count). The number of carbonyl (C=O) groups excluding carboxylic acids is 4. The predicted molar refractivity (Wildman–Crippen MR) is 110 cm³/mol. The number of amides is 3. The van der Waals surface area contributed by atoms with Gasteiger partial charge in [-0.05, 0) is 62.4 Å². The zero-order valence-corrected chi connectivity index (χ0v) is 16.7. The first-order valence-electron chi connectivity index (χ1n) is 9.32. The van der Waals surface area contributed by atoms with Crippen molar-refractivity contribution in [2.24, 2.45) is 0 Å². The zero-order valence-electron chi connectivity index (χ0n) is 16.7. The van der Waals surface area contributed by atoms with Gasteiger partial charge in [0.25, 0.3) is 0 Å². The summed E-state index contributed by atoms with van der Waals surface area (Å²) in [5.74, 6) is -2.19. The molecule has 2 aromatic carbocycles. The molecule has 0 aromatic heterocycles. The van der Waals surface area contributed by atoms with Crippen LogP contribution in [0.5, 0.6) is 5.75 Å². The molecule has 158 valence electrons. The maximum Gasteiger partial charge on any atom is 0.338 e. The predicted octanol–water partition coefficient (Wildman–Crippen LogP) is 1.96. The van der Waals surface area contributed by atoms with Crippen molar-refractivity contribution in [2.75, 3.05) is 30.4 Å². The number of anilines is 2. The molecule has 0 aliphatic heterocycles. The molecule has 3 amide bonds. The number of nitrogens with one attached hydrogen (secondary N) is 3. The molecule has 0 unspecified atom stereocenters. The van der Waals surface area contributed by atoms with E-state index in [-0.39, 0.29) is 13.2 Å². The first-order chi connectivity index (χ1) is 14.4. The van der Waals surface area contributed by atoms with E-state index in [9.17, 15) is 19.2 Å². The van der Waals surface area contributed by atoms with E-state index < -0.39 is 23.7 Å². The fourth-order valence-corrected chi connectivity index (χ4v) is 2.34. The summed E-state index contributed by atoms with van der Waals surface area (Å²) < 4.78 is 10.2. The first kappa shape index (κ1) is 22.4. The van der Waals surface area contributed by atoms with Crippen molar-refractivity contribution in [1.82, 2.24) is 5.32 Å². The lowest BCUT2D eigenvalue weighted by Crippen LogP contribution is -2.39. The molecule has 0 radical (unpaired) electrons. The molecule has 0 atom stereocenters. The Morgan fingerprint density at radius 1 is 0.767 bits per heavy atom. The minimum Gasteiger partial charge on any atom is -0.494 e. The van der Waals surface area contributed by atoms with Gasteiger partial charge in [0.15, 0.2) is 0 Å². The molecular formula is C21H23N3O6. The van der Waals surface area contributed by atoms with Gasteiger partial charge in [-0.2, -0.15) is 0 Å². The molecule has 30 heavy (non-hydrogen) atoms. The molecule has 9 nitrogen and oxygen atoms in total. The molecule has 2 aromatic rings. The molecule has 0 aliphatic carbocycles. The number of ether oxygens (including phenoxy) is 2. The van der Waals surface area contributed by atoms with E-state index in [1.807, 2.05) is 6.92 Å². The Morgan fingerprint density at radius 3 is 1.97 bits per heavy atom. The fourth-order valence-electron chi connectivity index (χ4n) is 2.34. The minimum absolute atomic E-state index is 0.254. The summed E-state index contributed by atoms with van der Waals surface area (Å²) in [7, 11) is 0. The highest BCUT2D eigenvalue weighted by Gasteiger charge is 2.15. The van der Waals surface area contributed by atoms with E-state index in [0.717, 1.165) is 0 Å². The van der Waals surface area contributed by atoms with E-state index in [0.29, 0.717) is 29.3 Å². The summed E-state index contributed by atoms with van der Waals surface area (Å²) in [4.78, 5) is 47.4. The van der Waals surface area contributed by atoms with Crippen molar-refractivity contribution in [1.29, 1.82) is 0 Å². The maximum absolute atomic E-state index is 11.9. The Morgan fingerprint density at radius 2 is 1.37 bits per heavy atom. The third kappa shape index (κ3) is 6.93. The van der Waals surface area contributed by atoms with Gasteiger partial charge >= 0.3 is 17.8 Å². The molecule has 0 saturated carbocycles. The highest BCUT2D eigenvalue weighted by molar-refractivity contribution is 6.39. The number of carbonyl (C=O) groups is 4. The van der Waals surface area contributed by atoms with Gasteiger partial charge in [0.1, 0.15) is 5.75 Å². The highest BCUT2D eigenvalue weighted by atomic mass is 16.5. The second-order valence-corrected chi connectivity index (χ2v) is 5.94. The lowest BCUT2D eigenvalue weighted by molar-refractivity contribution is -0.136. The van der Waals surface area contributed by atoms with Crippen LogP contribution in [0.3, 0.4) is 0 Å². The second kappa shape index (κ2) is 11.2. The summed E-state index contributed by atoms with van der Waals surface area (Å²) in [6.45, 7) is 3.98. The number of benzene rings is 2. The zero-order chi connectivity index (χ0) is 21.9. The molecule has 0 bridgehead atoms. The Labute approximate surface area is 173 Å². The lowest BCUT2D eigenvalue weighted by Gasteiger charge is -2.09. The number of hydrogen-bond acceptors (Lipinski definition) is 6. The third-order valence-electron chi connectivity index (χ3n) is 3.72. The topological polar surface area (TPSA) is 123 Å². The van der Waals surface area contributed by atoms with Gasteiger partial charge in [0, 0.05) is 11.4 Å².